The van der Waals surface area contributed by atoms with Crippen LogP contribution < -0.4 is 5.32 Å². The van der Waals surface area contributed by atoms with Crippen LogP contribution in [-0.4, -0.2) is 39.7 Å². The fourth-order valence-corrected chi connectivity index (χ4v) is 1.91. The molecule has 0 fully saturated rings. The number of aliphatic carboxylic acids is 1. The van der Waals surface area contributed by atoms with Gasteiger partial charge >= 0.3 is 5.97 Å². The Bertz CT molecular complexity index is 637. The maximum absolute atomic E-state index is 12.1. The first kappa shape index (κ1) is 14.0. The first-order valence-corrected chi connectivity index (χ1v) is 6.11. The van der Waals surface area contributed by atoms with Crippen molar-refractivity contribution in [3.05, 3.63) is 42.2 Å². The number of nitrogens with zero attached hydrogens (tertiary/aromatic N) is 1. The third kappa shape index (κ3) is 2.92. The molecule has 6 nitrogen and oxygen atoms in total. The molecule has 0 saturated carbocycles. The first-order valence-electron chi connectivity index (χ1n) is 6.11. The minimum atomic E-state index is -1.19. The summed E-state index contributed by atoms with van der Waals surface area (Å²) in [5, 5.41) is 21.6. The minimum Gasteiger partial charge on any atom is -0.480 e. The monoisotopic (exact) mass is 274 g/mol. The lowest BCUT2D eigenvalue weighted by Crippen LogP contribution is -2.41. The maximum atomic E-state index is 12.1. The third-order valence-electron chi connectivity index (χ3n) is 2.91. The van der Waals surface area contributed by atoms with Gasteiger partial charge in [-0.1, -0.05) is 24.3 Å². The molecule has 0 radical (unpaired) electrons. The number of amides is 1. The average Bonchev–Trinajstić information content (AvgIpc) is 2.46. The van der Waals surface area contributed by atoms with Gasteiger partial charge in [-0.2, -0.15) is 0 Å². The van der Waals surface area contributed by atoms with Crippen LogP contribution in [0.5, 0.6) is 0 Å². The summed E-state index contributed by atoms with van der Waals surface area (Å²) >= 11 is 0. The second kappa shape index (κ2) is 6.12. The molecule has 104 valence electrons. The van der Waals surface area contributed by atoms with E-state index in [1.807, 2.05) is 12.1 Å². The van der Waals surface area contributed by atoms with Crippen molar-refractivity contribution in [3.63, 3.8) is 0 Å². The van der Waals surface area contributed by atoms with Crippen molar-refractivity contribution in [2.75, 3.05) is 6.61 Å². The summed E-state index contributed by atoms with van der Waals surface area (Å²) in [7, 11) is 0. The van der Waals surface area contributed by atoms with E-state index in [4.69, 9.17) is 10.2 Å². The molecular weight excluding hydrogens is 260 g/mol. The molecule has 1 heterocycles. The molecule has 3 N–H and O–H groups in total. The number of hydrogen-bond acceptors (Lipinski definition) is 4. The van der Waals surface area contributed by atoms with E-state index in [9.17, 15) is 9.59 Å². The summed E-state index contributed by atoms with van der Waals surface area (Å²) in [6.07, 6.45) is 1.45. The van der Waals surface area contributed by atoms with Gasteiger partial charge in [0.25, 0.3) is 5.91 Å². The lowest BCUT2D eigenvalue weighted by atomic mass is 10.1. The quantitative estimate of drug-likeness (QED) is 0.749. The molecule has 0 bridgehead atoms. The Morgan fingerprint density at radius 3 is 2.70 bits per heavy atom. The van der Waals surface area contributed by atoms with Gasteiger partial charge in [-0.25, -0.2) is 4.79 Å². The topological polar surface area (TPSA) is 99.5 Å². The van der Waals surface area contributed by atoms with Gasteiger partial charge in [0.15, 0.2) is 0 Å². The Balaban J connectivity index is 2.29. The predicted octanol–water partition coefficient (Wildman–Crippen LogP) is 0.800. The van der Waals surface area contributed by atoms with E-state index in [0.29, 0.717) is 5.39 Å². The highest BCUT2D eigenvalue weighted by Gasteiger charge is 2.21. The summed E-state index contributed by atoms with van der Waals surface area (Å²) in [5.41, 5.74) is 0.173. The van der Waals surface area contributed by atoms with Gasteiger partial charge in [0.05, 0.1) is 0 Å². The number of carbonyl (C=O) groups excluding carboxylic acids is 1. The standard InChI is InChI=1S/C14H14N2O4/c17-8-6-11(14(19)20)16-13(18)12-10-4-2-1-3-9(10)5-7-15-12/h1-5,7,11,17H,6,8H2,(H,16,18)(H,19,20)/t11-/m1/s1. The summed E-state index contributed by atoms with van der Waals surface area (Å²) in [5.74, 6) is -1.75. The third-order valence-corrected chi connectivity index (χ3v) is 2.91. The number of carbonyl (C=O) groups is 2. The van der Waals surface area contributed by atoms with Crippen molar-refractivity contribution in [3.8, 4) is 0 Å². The van der Waals surface area contributed by atoms with E-state index in [0.717, 1.165) is 5.39 Å². The van der Waals surface area contributed by atoms with Crippen LogP contribution in [0.3, 0.4) is 0 Å². The fraction of sp³-hybridized carbons (Fsp3) is 0.214. The summed E-state index contributed by atoms with van der Waals surface area (Å²) in [6, 6.07) is 7.86. The molecule has 0 aliphatic carbocycles. The molecule has 0 aliphatic rings. The number of fused-ring (bicyclic) bond motifs is 1. The largest absolute Gasteiger partial charge is 0.480 e. The SMILES string of the molecule is O=C(N[C@H](CCO)C(=O)O)c1nccc2ccccc12. The summed E-state index contributed by atoms with van der Waals surface area (Å²) in [6.45, 7) is -0.319. The van der Waals surface area contributed by atoms with Crippen molar-refractivity contribution in [2.45, 2.75) is 12.5 Å². The molecule has 20 heavy (non-hydrogen) atoms. The van der Waals surface area contributed by atoms with Gasteiger partial charge in [0.1, 0.15) is 11.7 Å². The molecule has 1 amide bonds. The van der Waals surface area contributed by atoms with Crippen molar-refractivity contribution in [2.24, 2.45) is 0 Å². The molecule has 2 aromatic rings. The van der Waals surface area contributed by atoms with Crippen molar-refractivity contribution in [1.82, 2.24) is 10.3 Å². The molecule has 1 atom stereocenters. The van der Waals surface area contributed by atoms with Crippen molar-refractivity contribution >= 4 is 22.6 Å². The van der Waals surface area contributed by atoms with Gasteiger partial charge in [-0.15, -0.1) is 0 Å². The van der Waals surface area contributed by atoms with Gasteiger partial charge in [0, 0.05) is 24.6 Å². The number of carboxylic acids is 1. The zero-order valence-electron chi connectivity index (χ0n) is 10.6. The maximum Gasteiger partial charge on any atom is 0.326 e. The number of hydrogen-bond donors (Lipinski definition) is 3. The van der Waals surface area contributed by atoms with Gasteiger partial charge < -0.3 is 15.5 Å². The van der Waals surface area contributed by atoms with E-state index in [1.165, 1.54) is 6.20 Å². The van der Waals surface area contributed by atoms with Crippen molar-refractivity contribution in [1.29, 1.82) is 0 Å². The Morgan fingerprint density at radius 2 is 2.00 bits per heavy atom. The number of aromatic nitrogens is 1. The smallest absolute Gasteiger partial charge is 0.326 e. The zero-order valence-corrected chi connectivity index (χ0v) is 10.6. The highest BCUT2D eigenvalue weighted by molar-refractivity contribution is 6.06. The molecule has 0 spiro atoms. The molecule has 1 aromatic heterocycles. The van der Waals surface area contributed by atoms with E-state index in [1.54, 1.807) is 18.2 Å². The Morgan fingerprint density at radius 1 is 1.25 bits per heavy atom. The van der Waals surface area contributed by atoms with E-state index >= 15 is 0 Å². The van der Waals surface area contributed by atoms with Gasteiger partial charge in [-0.3, -0.25) is 9.78 Å². The number of aliphatic hydroxyl groups is 1. The molecule has 0 saturated heterocycles. The van der Waals surface area contributed by atoms with Crippen LogP contribution in [0.2, 0.25) is 0 Å². The van der Waals surface area contributed by atoms with Crippen LogP contribution >= 0.6 is 0 Å². The number of nitrogens with one attached hydrogen (secondary N) is 1. The lowest BCUT2D eigenvalue weighted by molar-refractivity contribution is -0.139. The highest BCUT2D eigenvalue weighted by Crippen LogP contribution is 2.16. The number of aliphatic hydroxyl groups excluding tert-OH is 1. The Hall–Kier alpha value is -2.47. The van der Waals surface area contributed by atoms with E-state index in [2.05, 4.69) is 10.3 Å². The normalized spacial score (nSPS) is 12.1. The number of carboxylic acid groups (broad SMARTS) is 1. The van der Waals surface area contributed by atoms with Gasteiger partial charge in [0.2, 0.25) is 0 Å². The minimum absolute atomic E-state index is 0.0498. The number of pyridine rings is 1. The van der Waals surface area contributed by atoms with Crippen molar-refractivity contribution < 1.29 is 19.8 Å². The van der Waals surface area contributed by atoms with Crippen LogP contribution in [0.25, 0.3) is 10.8 Å². The van der Waals surface area contributed by atoms with Crippen LogP contribution in [0.15, 0.2) is 36.5 Å². The second-order valence-corrected chi connectivity index (χ2v) is 4.26. The fourth-order valence-electron chi connectivity index (χ4n) is 1.91. The molecule has 1 aromatic carbocycles. The molecule has 6 heteroatoms. The lowest BCUT2D eigenvalue weighted by Gasteiger charge is -2.13. The van der Waals surface area contributed by atoms with E-state index < -0.39 is 17.9 Å². The average molecular weight is 274 g/mol. The van der Waals surface area contributed by atoms with Crippen LogP contribution in [-0.2, 0) is 4.79 Å². The zero-order chi connectivity index (χ0) is 14.5. The molecule has 0 unspecified atom stereocenters. The Kier molecular flexibility index (Phi) is 4.27. The van der Waals surface area contributed by atoms with Crippen LogP contribution in [0, 0.1) is 0 Å². The molecular formula is C14H14N2O4. The predicted molar refractivity (Wildman–Crippen MR) is 72.3 cm³/mol. The first-order chi connectivity index (χ1) is 9.63. The van der Waals surface area contributed by atoms with Gasteiger partial charge in [-0.05, 0) is 11.5 Å². The van der Waals surface area contributed by atoms with Crippen LogP contribution in [0.1, 0.15) is 16.9 Å². The molecule has 2 rings (SSSR count). The Labute approximate surface area is 115 Å². The van der Waals surface area contributed by atoms with Crippen LogP contribution in [0.4, 0.5) is 0 Å². The highest BCUT2D eigenvalue weighted by atomic mass is 16.4. The summed E-state index contributed by atoms with van der Waals surface area (Å²) in [4.78, 5) is 27.1. The number of benzene rings is 1. The van der Waals surface area contributed by atoms with E-state index in [-0.39, 0.29) is 18.7 Å². The molecule has 0 aliphatic heterocycles. The number of rotatable bonds is 5. The second-order valence-electron chi connectivity index (χ2n) is 4.26. The summed E-state index contributed by atoms with van der Waals surface area (Å²) < 4.78 is 0.